The maximum atomic E-state index is 9.41. The molecule has 0 aliphatic carbocycles. The number of carbonyl (C=O) groups excluding carboxylic acids is 2. The third kappa shape index (κ3) is 9.18. The van der Waals surface area contributed by atoms with E-state index in [-0.39, 0.29) is 0 Å². The molecule has 0 radical (unpaired) electrons. The van der Waals surface area contributed by atoms with Gasteiger partial charge in [0, 0.05) is 11.4 Å². The Balaban J connectivity index is 0.000000447. The number of carboxylic acid groups (broad SMARTS) is 2. The van der Waals surface area contributed by atoms with Crippen LogP contribution in [0.25, 0.3) is 0 Å². The molecule has 7 nitrogen and oxygen atoms in total. The Hall–Kier alpha value is -2.97. The SMILES string of the molecule is COc1ccc(OC)c(Sc2ccccc2CN(C)C)c1.O=C([O-])/C=C\C(=O)[O-]. The number of hydrogen-bond donors (Lipinski definition) is 0. The number of carbonyl (C=O) groups is 2. The van der Waals surface area contributed by atoms with Crippen molar-refractivity contribution in [1.82, 2.24) is 4.90 Å². The van der Waals surface area contributed by atoms with Crippen molar-refractivity contribution in [2.45, 2.75) is 16.3 Å². The van der Waals surface area contributed by atoms with E-state index >= 15 is 0 Å². The highest BCUT2D eigenvalue weighted by molar-refractivity contribution is 7.99. The van der Waals surface area contributed by atoms with E-state index in [9.17, 15) is 19.8 Å². The summed E-state index contributed by atoms with van der Waals surface area (Å²) in [6.07, 6.45) is 0.769. The molecule has 0 fully saturated rings. The van der Waals surface area contributed by atoms with Crippen LogP contribution < -0.4 is 19.7 Å². The minimum Gasteiger partial charge on any atom is -0.545 e. The van der Waals surface area contributed by atoms with E-state index in [1.165, 1.54) is 10.5 Å². The summed E-state index contributed by atoms with van der Waals surface area (Å²) >= 11 is 1.71. The summed E-state index contributed by atoms with van der Waals surface area (Å²) in [5.41, 5.74) is 1.30. The molecule has 0 amide bonds. The monoisotopic (exact) mass is 417 g/mol. The van der Waals surface area contributed by atoms with Crippen LogP contribution in [-0.4, -0.2) is 45.2 Å². The van der Waals surface area contributed by atoms with Crippen LogP contribution in [0.4, 0.5) is 0 Å². The third-order valence-corrected chi connectivity index (χ3v) is 4.56. The van der Waals surface area contributed by atoms with E-state index in [0.717, 1.165) is 22.9 Å². The summed E-state index contributed by atoms with van der Waals surface area (Å²) in [6.45, 7) is 0.912. The fourth-order valence-corrected chi connectivity index (χ4v) is 3.27. The van der Waals surface area contributed by atoms with Crippen molar-refractivity contribution in [3.05, 3.63) is 60.2 Å². The van der Waals surface area contributed by atoms with Gasteiger partial charge in [-0.1, -0.05) is 30.0 Å². The van der Waals surface area contributed by atoms with Crippen LogP contribution in [0, 0.1) is 0 Å². The first kappa shape index (κ1) is 24.1. The second kappa shape index (κ2) is 12.5. The van der Waals surface area contributed by atoms with Gasteiger partial charge in [-0.3, -0.25) is 0 Å². The van der Waals surface area contributed by atoms with E-state index in [1.54, 1.807) is 26.0 Å². The van der Waals surface area contributed by atoms with Crippen molar-refractivity contribution >= 4 is 23.7 Å². The summed E-state index contributed by atoms with van der Waals surface area (Å²) in [5.74, 6) is -1.40. The first-order valence-electron chi connectivity index (χ1n) is 8.49. The number of hydrogen-bond acceptors (Lipinski definition) is 8. The van der Waals surface area contributed by atoms with Crippen LogP contribution in [0.2, 0.25) is 0 Å². The van der Waals surface area contributed by atoms with Gasteiger partial charge in [-0.2, -0.15) is 0 Å². The van der Waals surface area contributed by atoms with E-state index in [4.69, 9.17) is 9.47 Å². The van der Waals surface area contributed by atoms with E-state index in [2.05, 4.69) is 43.3 Å². The number of nitrogens with zero attached hydrogens (tertiary/aromatic N) is 1. The van der Waals surface area contributed by atoms with E-state index in [1.807, 2.05) is 18.2 Å². The topological polar surface area (TPSA) is 102 Å². The fraction of sp³-hybridized carbons (Fsp3) is 0.238. The van der Waals surface area contributed by atoms with Crippen LogP contribution in [0.5, 0.6) is 11.5 Å². The maximum Gasteiger partial charge on any atom is 0.133 e. The second-order valence-corrected chi connectivity index (χ2v) is 7.02. The predicted octanol–water partition coefficient (Wildman–Crippen LogP) is 0.959. The zero-order valence-corrected chi connectivity index (χ0v) is 17.5. The minimum atomic E-state index is -1.55. The molecule has 0 N–H and O–H groups in total. The average Bonchev–Trinajstić information content (AvgIpc) is 2.68. The highest BCUT2D eigenvalue weighted by atomic mass is 32.2. The van der Waals surface area contributed by atoms with Crippen molar-refractivity contribution in [3.63, 3.8) is 0 Å². The molecular formula is C21H23NO6S-2. The van der Waals surface area contributed by atoms with Gasteiger partial charge >= 0.3 is 0 Å². The molecule has 0 bridgehead atoms. The van der Waals surface area contributed by atoms with E-state index in [0.29, 0.717) is 12.2 Å². The van der Waals surface area contributed by atoms with E-state index < -0.39 is 11.9 Å². The molecule has 0 saturated heterocycles. The first-order valence-corrected chi connectivity index (χ1v) is 9.31. The van der Waals surface area contributed by atoms with Gasteiger partial charge in [0.15, 0.2) is 0 Å². The van der Waals surface area contributed by atoms with Crippen LogP contribution in [0.15, 0.2) is 64.4 Å². The molecule has 0 aliphatic rings. The average molecular weight is 417 g/mol. The molecule has 0 saturated carbocycles. The van der Waals surface area contributed by atoms with Gasteiger partial charge in [-0.05, 0) is 56.1 Å². The van der Waals surface area contributed by atoms with Crippen molar-refractivity contribution in [2.75, 3.05) is 28.3 Å². The van der Waals surface area contributed by atoms with Crippen molar-refractivity contribution < 1.29 is 29.3 Å². The van der Waals surface area contributed by atoms with Gasteiger partial charge in [0.05, 0.1) is 31.1 Å². The summed E-state index contributed by atoms with van der Waals surface area (Å²) in [4.78, 5) is 23.3. The summed E-state index contributed by atoms with van der Waals surface area (Å²) < 4.78 is 10.8. The van der Waals surface area contributed by atoms with Gasteiger partial charge in [-0.25, -0.2) is 0 Å². The Bertz CT molecular complexity index is 835. The molecule has 0 aromatic heterocycles. The number of aliphatic carboxylic acids is 2. The summed E-state index contributed by atoms with van der Waals surface area (Å²) in [5, 5.41) is 18.8. The Labute approximate surface area is 174 Å². The number of rotatable bonds is 8. The molecular weight excluding hydrogens is 394 g/mol. The fourth-order valence-electron chi connectivity index (χ4n) is 2.19. The Morgan fingerprint density at radius 3 is 2.10 bits per heavy atom. The lowest BCUT2D eigenvalue weighted by Gasteiger charge is -2.15. The lowest BCUT2D eigenvalue weighted by molar-refractivity contribution is -0.301. The Kier molecular flexibility index (Phi) is 10.4. The molecule has 2 aromatic carbocycles. The van der Waals surface area contributed by atoms with Gasteiger partial charge in [0.25, 0.3) is 0 Å². The van der Waals surface area contributed by atoms with Gasteiger partial charge in [0.2, 0.25) is 0 Å². The third-order valence-electron chi connectivity index (χ3n) is 3.41. The number of ether oxygens (including phenoxy) is 2. The number of methoxy groups -OCH3 is 2. The van der Waals surface area contributed by atoms with Gasteiger partial charge < -0.3 is 34.2 Å². The second-order valence-electron chi connectivity index (χ2n) is 5.94. The molecule has 2 aromatic rings. The largest absolute Gasteiger partial charge is 0.545 e. The van der Waals surface area contributed by atoms with Crippen molar-refractivity contribution in [3.8, 4) is 11.5 Å². The summed E-state index contributed by atoms with van der Waals surface area (Å²) in [7, 11) is 7.52. The lowest BCUT2D eigenvalue weighted by Crippen LogP contribution is -2.23. The number of carboxylic acids is 2. The van der Waals surface area contributed by atoms with Crippen LogP contribution in [0.1, 0.15) is 5.56 Å². The van der Waals surface area contributed by atoms with Crippen LogP contribution in [0.3, 0.4) is 0 Å². The smallest absolute Gasteiger partial charge is 0.133 e. The quantitative estimate of drug-likeness (QED) is 0.585. The van der Waals surface area contributed by atoms with Crippen LogP contribution in [-0.2, 0) is 16.1 Å². The molecule has 29 heavy (non-hydrogen) atoms. The molecule has 0 spiro atoms. The highest BCUT2D eigenvalue weighted by Crippen LogP contribution is 2.38. The predicted molar refractivity (Wildman–Crippen MR) is 107 cm³/mol. The highest BCUT2D eigenvalue weighted by Gasteiger charge is 2.10. The van der Waals surface area contributed by atoms with Gasteiger partial charge in [-0.15, -0.1) is 0 Å². The first-order chi connectivity index (χ1) is 13.8. The molecule has 0 heterocycles. The zero-order valence-electron chi connectivity index (χ0n) is 16.7. The standard InChI is InChI=1S/C17H21NO2S.C4H4O4/c1-18(2)12-13-7-5-6-8-16(13)21-17-11-14(19-3)9-10-15(17)20-4;5-3(6)1-2-4(7)8/h5-11H,12H2,1-4H3;1-2H,(H,5,6)(H,7,8)/p-2/b;2-1-. The maximum absolute atomic E-state index is 9.41. The summed E-state index contributed by atoms with van der Waals surface area (Å²) in [6, 6.07) is 14.3. The van der Waals surface area contributed by atoms with Crippen LogP contribution >= 0.6 is 11.8 Å². The minimum absolute atomic E-state index is 0.384. The molecule has 156 valence electrons. The van der Waals surface area contributed by atoms with Gasteiger partial charge in [0.1, 0.15) is 11.5 Å². The lowest BCUT2D eigenvalue weighted by atomic mass is 10.2. The molecule has 0 aliphatic heterocycles. The molecule has 0 unspecified atom stereocenters. The Morgan fingerprint density at radius 2 is 1.59 bits per heavy atom. The van der Waals surface area contributed by atoms with Crippen molar-refractivity contribution in [2.24, 2.45) is 0 Å². The molecule has 2 rings (SSSR count). The van der Waals surface area contributed by atoms with Crippen molar-refractivity contribution in [1.29, 1.82) is 0 Å². The molecule has 8 heteroatoms. The normalized spacial score (nSPS) is 10.4. The Morgan fingerprint density at radius 1 is 0.966 bits per heavy atom. The zero-order chi connectivity index (χ0) is 21.8. The number of benzene rings is 2. The molecule has 0 atom stereocenters.